The first-order chi connectivity index (χ1) is 7.64. The SMILES string of the molecule is O=[N+]([O-])C1=C(Cl)C([N+](=O)[O-])CC(C(F)(F)F)=C1. The molecule has 0 amide bonds. The van der Waals surface area contributed by atoms with E-state index in [0.717, 1.165) is 0 Å². The molecule has 1 rings (SSSR count). The molecule has 0 fully saturated rings. The van der Waals surface area contributed by atoms with E-state index in [1.807, 2.05) is 0 Å². The molecule has 17 heavy (non-hydrogen) atoms. The second-order valence-corrected chi connectivity index (χ2v) is 3.57. The summed E-state index contributed by atoms with van der Waals surface area (Å²) in [7, 11) is 0. The Morgan fingerprint density at radius 2 is 1.88 bits per heavy atom. The van der Waals surface area contributed by atoms with Crippen molar-refractivity contribution in [1.82, 2.24) is 0 Å². The first-order valence-corrected chi connectivity index (χ1v) is 4.47. The fourth-order valence-electron chi connectivity index (χ4n) is 1.27. The third kappa shape index (κ3) is 2.73. The summed E-state index contributed by atoms with van der Waals surface area (Å²) in [6, 6.07) is -1.93. The average molecular weight is 273 g/mol. The second-order valence-electron chi connectivity index (χ2n) is 3.16. The summed E-state index contributed by atoms with van der Waals surface area (Å²) in [5.74, 6) is 0. The highest BCUT2D eigenvalue weighted by molar-refractivity contribution is 6.30. The van der Waals surface area contributed by atoms with Crippen molar-refractivity contribution in [1.29, 1.82) is 0 Å². The van der Waals surface area contributed by atoms with Gasteiger partial charge in [-0.2, -0.15) is 13.2 Å². The minimum absolute atomic E-state index is 0.225. The van der Waals surface area contributed by atoms with Crippen LogP contribution in [0, 0.1) is 20.2 Å². The zero-order chi connectivity index (χ0) is 13.4. The van der Waals surface area contributed by atoms with Crippen molar-refractivity contribution in [2.24, 2.45) is 0 Å². The molecule has 0 saturated heterocycles. The molecule has 10 heteroatoms. The molecular weight excluding hydrogens is 269 g/mol. The van der Waals surface area contributed by atoms with Gasteiger partial charge in [-0.05, 0) is 0 Å². The standard InChI is InChI=1S/C7H4ClF3N2O4/c8-6-4(12(14)15)1-3(7(9,10)11)2-5(6)13(16)17/h1,5H,2H2. The zero-order valence-electron chi connectivity index (χ0n) is 7.90. The van der Waals surface area contributed by atoms with Crippen LogP contribution in [0.2, 0.25) is 0 Å². The van der Waals surface area contributed by atoms with E-state index in [9.17, 15) is 33.4 Å². The van der Waals surface area contributed by atoms with Crippen LogP contribution in [-0.4, -0.2) is 22.1 Å². The molecule has 1 unspecified atom stereocenters. The number of hydrogen-bond acceptors (Lipinski definition) is 4. The van der Waals surface area contributed by atoms with Crippen molar-refractivity contribution in [3.8, 4) is 0 Å². The maximum absolute atomic E-state index is 12.4. The quantitative estimate of drug-likeness (QED) is 0.570. The Bertz CT molecular complexity index is 443. The highest BCUT2D eigenvalue weighted by Gasteiger charge is 2.45. The predicted octanol–water partition coefficient (Wildman–Crippen LogP) is 2.25. The Morgan fingerprint density at radius 1 is 1.35 bits per heavy atom. The third-order valence-electron chi connectivity index (χ3n) is 2.08. The fourth-order valence-corrected chi connectivity index (χ4v) is 1.55. The molecule has 0 N–H and O–H groups in total. The molecule has 94 valence electrons. The normalized spacial score (nSPS) is 21.2. The van der Waals surface area contributed by atoms with E-state index in [-0.39, 0.29) is 6.08 Å². The molecule has 0 aliphatic heterocycles. The predicted molar refractivity (Wildman–Crippen MR) is 49.4 cm³/mol. The first-order valence-electron chi connectivity index (χ1n) is 4.10. The minimum Gasteiger partial charge on any atom is -0.264 e. The molecule has 0 heterocycles. The van der Waals surface area contributed by atoms with E-state index in [2.05, 4.69) is 0 Å². The van der Waals surface area contributed by atoms with Crippen LogP contribution in [-0.2, 0) is 0 Å². The van der Waals surface area contributed by atoms with Crippen LogP contribution in [0.3, 0.4) is 0 Å². The summed E-state index contributed by atoms with van der Waals surface area (Å²) in [5, 5.41) is 20.1. The van der Waals surface area contributed by atoms with Crippen LogP contribution in [0.1, 0.15) is 6.42 Å². The van der Waals surface area contributed by atoms with Gasteiger partial charge in [-0.3, -0.25) is 20.2 Å². The van der Waals surface area contributed by atoms with Gasteiger partial charge in [0.15, 0.2) is 5.03 Å². The third-order valence-corrected chi connectivity index (χ3v) is 2.52. The highest BCUT2D eigenvalue weighted by atomic mass is 35.5. The van der Waals surface area contributed by atoms with Gasteiger partial charge in [-0.1, -0.05) is 11.6 Å². The Hall–Kier alpha value is -1.64. The number of hydrogen-bond donors (Lipinski definition) is 0. The minimum atomic E-state index is -4.85. The lowest BCUT2D eigenvalue weighted by Gasteiger charge is -2.17. The fraction of sp³-hybridized carbons (Fsp3) is 0.429. The topological polar surface area (TPSA) is 86.3 Å². The average Bonchev–Trinajstić information content (AvgIpc) is 2.14. The van der Waals surface area contributed by atoms with Gasteiger partial charge in [-0.25, -0.2) is 0 Å². The lowest BCUT2D eigenvalue weighted by Crippen LogP contribution is -2.29. The molecule has 0 saturated carbocycles. The van der Waals surface area contributed by atoms with E-state index in [1.165, 1.54) is 0 Å². The summed E-state index contributed by atoms with van der Waals surface area (Å²) in [6.45, 7) is 0. The summed E-state index contributed by atoms with van der Waals surface area (Å²) in [4.78, 5) is 18.7. The lowest BCUT2D eigenvalue weighted by atomic mass is 9.98. The van der Waals surface area contributed by atoms with Crippen molar-refractivity contribution in [3.63, 3.8) is 0 Å². The van der Waals surface area contributed by atoms with Crippen molar-refractivity contribution in [2.75, 3.05) is 0 Å². The molecule has 0 bridgehead atoms. The van der Waals surface area contributed by atoms with Crippen molar-refractivity contribution in [3.05, 3.63) is 42.6 Å². The van der Waals surface area contributed by atoms with Crippen molar-refractivity contribution in [2.45, 2.75) is 18.6 Å². The molecule has 1 aliphatic carbocycles. The smallest absolute Gasteiger partial charge is 0.264 e. The highest BCUT2D eigenvalue weighted by Crippen LogP contribution is 2.37. The van der Waals surface area contributed by atoms with Gasteiger partial charge in [0.2, 0.25) is 0 Å². The molecule has 0 spiro atoms. The van der Waals surface area contributed by atoms with Gasteiger partial charge in [-0.15, -0.1) is 0 Å². The Morgan fingerprint density at radius 3 is 2.24 bits per heavy atom. The second kappa shape index (κ2) is 4.32. The van der Waals surface area contributed by atoms with Crippen LogP contribution < -0.4 is 0 Å². The Labute approximate surface area is 96.6 Å². The van der Waals surface area contributed by atoms with Crippen molar-refractivity contribution < 1.29 is 23.0 Å². The number of allylic oxidation sites excluding steroid dienone is 1. The summed E-state index contributed by atoms with van der Waals surface area (Å²) in [6.07, 6.45) is -5.64. The van der Waals surface area contributed by atoms with Crippen LogP contribution >= 0.6 is 11.6 Å². The molecular formula is C7H4ClF3N2O4. The maximum atomic E-state index is 12.4. The van der Waals surface area contributed by atoms with Crippen LogP contribution in [0.15, 0.2) is 22.4 Å². The Kier molecular flexibility index (Phi) is 3.41. The van der Waals surface area contributed by atoms with Crippen LogP contribution in [0.4, 0.5) is 13.2 Å². The molecule has 0 aromatic carbocycles. The monoisotopic (exact) mass is 272 g/mol. The molecule has 1 atom stereocenters. The largest absolute Gasteiger partial charge is 0.413 e. The number of halogens is 4. The number of nitro groups is 2. The Balaban J connectivity index is 3.30. The van der Waals surface area contributed by atoms with Gasteiger partial charge in [0.05, 0.1) is 11.3 Å². The molecule has 0 aromatic heterocycles. The number of rotatable bonds is 2. The van der Waals surface area contributed by atoms with Gasteiger partial charge in [0.1, 0.15) is 0 Å². The number of nitrogens with zero attached hydrogens (tertiary/aromatic N) is 2. The molecule has 6 nitrogen and oxygen atoms in total. The maximum Gasteiger partial charge on any atom is 0.413 e. The zero-order valence-corrected chi connectivity index (χ0v) is 8.66. The van der Waals surface area contributed by atoms with E-state index in [0.29, 0.717) is 0 Å². The summed E-state index contributed by atoms with van der Waals surface area (Å²) >= 11 is 5.34. The van der Waals surface area contributed by atoms with E-state index >= 15 is 0 Å². The van der Waals surface area contributed by atoms with E-state index in [4.69, 9.17) is 11.6 Å². The summed E-state index contributed by atoms with van der Waals surface area (Å²) in [5.41, 5.74) is -2.43. The van der Waals surface area contributed by atoms with Gasteiger partial charge in [0, 0.05) is 16.6 Å². The first kappa shape index (κ1) is 13.4. The molecule has 1 aliphatic rings. The molecule has 0 radical (unpaired) electrons. The lowest BCUT2D eigenvalue weighted by molar-refractivity contribution is -0.513. The summed E-state index contributed by atoms with van der Waals surface area (Å²) < 4.78 is 37.1. The molecule has 0 aromatic rings. The van der Waals surface area contributed by atoms with Crippen molar-refractivity contribution >= 4 is 11.6 Å². The van der Waals surface area contributed by atoms with Crippen LogP contribution in [0.25, 0.3) is 0 Å². The number of alkyl halides is 3. The van der Waals surface area contributed by atoms with E-state index in [1.54, 1.807) is 0 Å². The van der Waals surface area contributed by atoms with E-state index < -0.39 is 44.8 Å². The van der Waals surface area contributed by atoms with Gasteiger partial charge < -0.3 is 0 Å². The van der Waals surface area contributed by atoms with Gasteiger partial charge >= 0.3 is 6.18 Å². The van der Waals surface area contributed by atoms with Crippen LogP contribution in [0.5, 0.6) is 0 Å². The van der Waals surface area contributed by atoms with Gasteiger partial charge in [0.25, 0.3) is 11.7 Å².